The van der Waals surface area contributed by atoms with Crippen LogP contribution in [-0.4, -0.2) is 31.0 Å². The summed E-state index contributed by atoms with van der Waals surface area (Å²) in [5.74, 6) is -2.69. The van der Waals surface area contributed by atoms with E-state index >= 15 is 0 Å². The lowest BCUT2D eigenvalue weighted by Crippen LogP contribution is -2.27. The van der Waals surface area contributed by atoms with E-state index in [2.05, 4.69) is 4.98 Å². The van der Waals surface area contributed by atoms with Crippen LogP contribution in [0.4, 0.5) is 23.2 Å². The summed E-state index contributed by atoms with van der Waals surface area (Å²) in [6.07, 6.45) is -1.42. The molecule has 0 aliphatic rings. The molecular weight excluding hydrogens is 316 g/mol. The van der Waals surface area contributed by atoms with E-state index in [0.29, 0.717) is 0 Å². The Hall–Kier alpha value is -2.64. The molecule has 0 N–H and O–H groups in total. The fourth-order valence-corrected chi connectivity index (χ4v) is 1.76. The summed E-state index contributed by atoms with van der Waals surface area (Å²) in [7, 11) is 1.35. The molecule has 23 heavy (non-hydrogen) atoms. The van der Waals surface area contributed by atoms with Crippen LogP contribution in [0, 0.1) is 11.6 Å². The molecule has 2 rings (SSSR count). The smallest absolute Gasteiger partial charge is 0.276 e. The second-order valence-corrected chi connectivity index (χ2v) is 4.54. The average molecular weight is 328 g/mol. The maximum atomic E-state index is 13.2. The third kappa shape index (κ3) is 4.18. The summed E-state index contributed by atoms with van der Waals surface area (Å²) in [5, 5.41) is 0. The van der Waals surface area contributed by atoms with E-state index in [1.807, 2.05) is 0 Å². The van der Waals surface area contributed by atoms with Crippen molar-refractivity contribution >= 4 is 11.6 Å². The van der Waals surface area contributed by atoms with Gasteiger partial charge in [-0.25, -0.2) is 17.6 Å². The van der Waals surface area contributed by atoms with Gasteiger partial charge in [0.15, 0.2) is 11.6 Å². The van der Waals surface area contributed by atoms with Crippen LogP contribution in [-0.2, 0) is 0 Å². The molecule has 0 saturated heterocycles. The molecule has 1 aromatic heterocycles. The largest absolute Gasteiger partial charge is 0.488 e. The molecule has 1 aromatic carbocycles. The number of pyridine rings is 1. The number of carbonyl (C=O) groups is 1. The number of nitrogens with zero attached hydrogens (tertiary/aromatic N) is 2. The first-order valence-electron chi connectivity index (χ1n) is 6.48. The molecule has 0 aliphatic heterocycles. The van der Waals surface area contributed by atoms with Gasteiger partial charge >= 0.3 is 0 Å². The summed E-state index contributed by atoms with van der Waals surface area (Å²) >= 11 is 0. The van der Waals surface area contributed by atoms with Crippen molar-refractivity contribution in [3.05, 3.63) is 53.9 Å². The highest BCUT2D eigenvalue weighted by Gasteiger charge is 2.17. The third-order valence-electron chi connectivity index (χ3n) is 2.92. The molecule has 0 saturated carbocycles. The molecule has 0 unspecified atom stereocenters. The molecule has 1 amide bonds. The summed E-state index contributed by atoms with van der Waals surface area (Å²) < 4.78 is 55.2. The molecule has 0 radical (unpaired) electrons. The van der Waals surface area contributed by atoms with Crippen molar-refractivity contribution in [2.24, 2.45) is 0 Å². The van der Waals surface area contributed by atoms with E-state index in [4.69, 9.17) is 4.74 Å². The monoisotopic (exact) mass is 328 g/mol. The quantitative estimate of drug-likeness (QED) is 0.791. The molecule has 1 heterocycles. The third-order valence-corrected chi connectivity index (χ3v) is 2.92. The van der Waals surface area contributed by atoms with Crippen molar-refractivity contribution in [2.45, 2.75) is 6.43 Å². The number of alkyl halides is 2. The van der Waals surface area contributed by atoms with E-state index in [-0.39, 0.29) is 17.1 Å². The summed E-state index contributed by atoms with van der Waals surface area (Å²) in [5.41, 5.74) is 0.0404. The van der Waals surface area contributed by atoms with Gasteiger partial charge in [-0.05, 0) is 18.2 Å². The second-order valence-electron chi connectivity index (χ2n) is 4.54. The first-order chi connectivity index (χ1) is 10.9. The standard InChI is InChI=1S/C15H12F4N2O2/c1-21(9-2-3-11(16)12(17)6-9)15(22)13-7-10(4-5-20-13)23-8-14(18)19/h2-7,14H,8H2,1H3. The minimum atomic E-state index is -2.65. The van der Waals surface area contributed by atoms with Gasteiger partial charge in [0, 0.05) is 31.1 Å². The first-order valence-corrected chi connectivity index (χ1v) is 6.48. The van der Waals surface area contributed by atoms with Crippen LogP contribution < -0.4 is 9.64 Å². The van der Waals surface area contributed by atoms with Crippen molar-refractivity contribution < 1.29 is 27.1 Å². The molecular formula is C15H12F4N2O2. The van der Waals surface area contributed by atoms with Crippen molar-refractivity contribution in [2.75, 3.05) is 18.6 Å². The Bertz CT molecular complexity index is 710. The number of hydrogen-bond donors (Lipinski definition) is 0. The topological polar surface area (TPSA) is 42.4 Å². The minimum absolute atomic E-state index is 0.0577. The van der Waals surface area contributed by atoms with Gasteiger partial charge in [-0.15, -0.1) is 0 Å². The van der Waals surface area contributed by atoms with Crippen LogP contribution in [0.2, 0.25) is 0 Å². The average Bonchev–Trinajstić information content (AvgIpc) is 2.54. The maximum absolute atomic E-state index is 13.2. The van der Waals surface area contributed by atoms with Crippen LogP contribution in [0.5, 0.6) is 5.75 Å². The normalized spacial score (nSPS) is 10.7. The zero-order valence-corrected chi connectivity index (χ0v) is 12.0. The predicted molar refractivity (Wildman–Crippen MR) is 74.8 cm³/mol. The number of carbonyl (C=O) groups excluding carboxylic acids is 1. The Kier molecular flexibility index (Phi) is 5.15. The Labute approximate surface area is 129 Å². The number of aromatic nitrogens is 1. The van der Waals surface area contributed by atoms with Gasteiger partial charge in [0.25, 0.3) is 12.3 Å². The van der Waals surface area contributed by atoms with Crippen LogP contribution in [0.15, 0.2) is 36.5 Å². The Morgan fingerprint density at radius 1 is 1.22 bits per heavy atom. The van der Waals surface area contributed by atoms with Gasteiger partial charge in [0.2, 0.25) is 0 Å². The fourth-order valence-electron chi connectivity index (χ4n) is 1.76. The number of benzene rings is 1. The van der Waals surface area contributed by atoms with Crippen LogP contribution in [0.3, 0.4) is 0 Å². The lowest BCUT2D eigenvalue weighted by atomic mass is 10.2. The fraction of sp³-hybridized carbons (Fsp3) is 0.200. The molecule has 0 fully saturated rings. The Morgan fingerprint density at radius 3 is 2.61 bits per heavy atom. The lowest BCUT2D eigenvalue weighted by Gasteiger charge is -2.17. The number of amides is 1. The Morgan fingerprint density at radius 2 is 1.96 bits per heavy atom. The van der Waals surface area contributed by atoms with Gasteiger partial charge in [-0.2, -0.15) is 0 Å². The number of hydrogen-bond acceptors (Lipinski definition) is 3. The molecule has 0 atom stereocenters. The van der Waals surface area contributed by atoms with E-state index in [1.54, 1.807) is 0 Å². The zero-order chi connectivity index (χ0) is 17.0. The van der Waals surface area contributed by atoms with E-state index < -0.39 is 30.6 Å². The number of halogens is 4. The van der Waals surface area contributed by atoms with Gasteiger partial charge in [-0.1, -0.05) is 0 Å². The lowest BCUT2D eigenvalue weighted by molar-refractivity contribution is 0.0817. The minimum Gasteiger partial charge on any atom is -0.488 e. The Balaban J connectivity index is 2.18. The van der Waals surface area contributed by atoms with Gasteiger partial charge in [-0.3, -0.25) is 9.78 Å². The maximum Gasteiger partial charge on any atom is 0.276 e. The molecule has 122 valence electrons. The summed E-state index contributed by atoms with van der Waals surface area (Å²) in [4.78, 5) is 17.2. The van der Waals surface area contributed by atoms with Gasteiger partial charge < -0.3 is 9.64 Å². The number of anilines is 1. The molecule has 8 heteroatoms. The predicted octanol–water partition coefficient (Wildman–Crippen LogP) is 3.28. The highest BCUT2D eigenvalue weighted by atomic mass is 19.3. The SMILES string of the molecule is CN(C(=O)c1cc(OCC(F)F)ccn1)c1ccc(F)c(F)c1. The number of ether oxygens (including phenoxy) is 1. The van der Waals surface area contributed by atoms with Crippen molar-refractivity contribution in [3.8, 4) is 5.75 Å². The van der Waals surface area contributed by atoms with Crippen molar-refractivity contribution in [1.82, 2.24) is 4.98 Å². The van der Waals surface area contributed by atoms with Crippen LogP contribution >= 0.6 is 0 Å². The summed E-state index contributed by atoms with van der Waals surface area (Å²) in [6.45, 7) is -0.809. The van der Waals surface area contributed by atoms with E-state index in [1.165, 1.54) is 31.4 Å². The molecule has 0 bridgehead atoms. The number of rotatable bonds is 5. The van der Waals surface area contributed by atoms with E-state index in [9.17, 15) is 22.4 Å². The zero-order valence-electron chi connectivity index (χ0n) is 12.0. The van der Waals surface area contributed by atoms with E-state index in [0.717, 1.165) is 17.0 Å². The molecule has 0 aliphatic carbocycles. The highest BCUT2D eigenvalue weighted by molar-refractivity contribution is 6.04. The molecule has 2 aromatic rings. The molecule has 0 spiro atoms. The summed E-state index contributed by atoms with van der Waals surface area (Å²) in [6, 6.07) is 5.51. The second kappa shape index (κ2) is 7.08. The molecule has 4 nitrogen and oxygen atoms in total. The van der Waals surface area contributed by atoms with Crippen molar-refractivity contribution in [1.29, 1.82) is 0 Å². The van der Waals surface area contributed by atoms with Crippen LogP contribution in [0.1, 0.15) is 10.5 Å². The van der Waals surface area contributed by atoms with Gasteiger partial charge in [0.05, 0.1) is 0 Å². The van der Waals surface area contributed by atoms with Crippen LogP contribution in [0.25, 0.3) is 0 Å². The first kappa shape index (κ1) is 16.7. The van der Waals surface area contributed by atoms with Gasteiger partial charge in [0.1, 0.15) is 18.1 Å². The highest BCUT2D eigenvalue weighted by Crippen LogP contribution is 2.20. The van der Waals surface area contributed by atoms with Crippen molar-refractivity contribution in [3.63, 3.8) is 0 Å².